The monoisotopic (exact) mass is 417 g/mol. The molecule has 0 unspecified atom stereocenters. The zero-order valence-corrected chi connectivity index (χ0v) is 16.8. The first-order valence-corrected chi connectivity index (χ1v) is 9.16. The van der Waals surface area contributed by atoms with E-state index in [0.29, 0.717) is 39.5 Å². The van der Waals surface area contributed by atoms with Crippen molar-refractivity contribution in [2.75, 3.05) is 11.9 Å². The average Bonchev–Trinajstić information content (AvgIpc) is 3.25. The second-order valence-corrected chi connectivity index (χ2v) is 6.97. The molecule has 1 N–H and O–H groups in total. The van der Waals surface area contributed by atoms with Gasteiger partial charge < -0.3 is 19.0 Å². The molecule has 0 saturated heterocycles. The van der Waals surface area contributed by atoms with Crippen molar-refractivity contribution in [1.82, 2.24) is 4.57 Å². The summed E-state index contributed by atoms with van der Waals surface area (Å²) in [7, 11) is 0. The number of ether oxygens (including phenoxy) is 1. The number of carbonyl (C=O) groups is 1. The number of carbonyl (C=O) groups excluding carboxylic acids is 1. The molecule has 3 rings (SSSR count). The van der Waals surface area contributed by atoms with Crippen LogP contribution in [0.4, 0.5) is 5.82 Å². The van der Waals surface area contributed by atoms with Crippen molar-refractivity contribution < 1.29 is 13.9 Å². The lowest BCUT2D eigenvalue weighted by molar-refractivity contribution is -0.118. The zero-order valence-electron chi connectivity index (χ0n) is 15.3. The van der Waals surface area contributed by atoms with Crippen LogP contribution in [-0.4, -0.2) is 17.1 Å². The number of aromatic nitrogens is 1. The molecule has 28 heavy (non-hydrogen) atoms. The summed E-state index contributed by atoms with van der Waals surface area (Å²) in [4.78, 5) is 12.5. The molecule has 8 heteroatoms. The van der Waals surface area contributed by atoms with Crippen LogP contribution in [0.15, 0.2) is 41.0 Å². The molecule has 0 aliphatic rings. The summed E-state index contributed by atoms with van der Waals surface area (Å²) in [6, 6.07) is 10.5. The number of nitrogens with zero attached hydrogens (tertiary/aromatic N) is 2. The van der Waals surface area contributed by atoms with Crippen molar-refractivity contribution in [2.24, 2.45) is 0 Å². The van der Waals surface area contributed by atoms with Crippen LogP contribution in [0.25, 0.3) is 0 Å². The topological polar surface area (TPSA) is 80.2 Å². The summed E-state index contributed by atoms with van der Waals surface area (Å²) < 4.78 is 12.7. The van der Waals surface area contributed by atoms with E-state index in [9.17, 15) is 10.1 Å². The third-order valence-corrected chi connectivity index (χ3v) is 4.89. The first-order valence-electron chi connectivity index (χ1n) is 8.40. The maximum atomic E-state index is 12.5. The van der Waals surface area contributed by atoms with Gasteiger partial charge in [0.25, 0.3) is 5.91 Å². The molecular weight excluding hydrogens is 401 g/mol. The fraction of sp³-hybridized carbons (Fsp3) is 0.200. The van der Waals surface area contributed by atoms with E-state index in [4.69, 9.17) is 32.4 Å². The molecule has 0 bridgehead atoms. The van der Waals surface area contributed by atoms with E-state index in [1.807, 2.05) is 24.5 Å². The maximum Gasteiger partial charge on any atom is 0.263 e. The SMILES string of the molecule is Cc1c(C#N)c(NC(=O)COc2cc(Cl)ccc2Cl)n(Cc2ccco2)c1C. The fourth-order valence-corrected chi connectivity index (χ4v) is 3.12. The van der Waals surface area contributed by atoms with Crippen LogP contribution in [0, 0.1) is 25.2 Å². The molecule has 0 saturated carbocycles. The van der Waals surface area contributed by atoms with Gasteiger partial charge in [0.15, 0.2) is 6.61 Å². The number of nitrogens with one attached hydrogen (secondary N) is 1. The smallest absolute Gasteiger partial charge is 0.263 e. The van der Waals surface area contributed by atoms with Gasteiger partial charge in [0.1, 0.15) is 23.4 Å². The van der Waals surface area contributed by atoms with Gasteiger partial charge in [0.05, 0.1) is 23.4 Å². The lowest BCUT2D eigenvalue weighted by Gasteiger charge is -2.13. The van der Waals surface area contributed by atoms with Crippen LogP contribution in [-0.2, 0) is 11.3 Å². The Morgan fingerprint density at radius 1 is 1.32 bits per heavy atom. The Morgan fingerprint density at radius 3 is 2.79 bits per heavy atom. The minimum absolute atomic E-state index is 0.283. The molecule has 1 amide bonds. The number of hydrogen-bond donors (Lipinski definition) is 1. The fourth-order valence-electron chi connectivity index (χ4n) is 2.79. The summed E-state index contributed by atoms with van der Waals surface area (Å²) in [5, 5.41) is 13.1. The summed E-state index contributed by atoms with van der Waals surface area (Å²) in [6.07, 6.45) is 1.58. The third kappa shape index (κ3) is 4.16. The van der Waals surface area contributed by atoms with Crippen LogP contribution in [0.2, 0.25) is 10.0 Å². The molecule has 3 aromatic rings. The molecule has 6 nitrogen and oxygen atoms in total. The van der Waals surface area contributed by atoms with E-state index in [1.165, 1.54) is 6.07 Å². The molecule has 144 valence electrons. The van der Waals surface area contributed by atoms with E-state index >= 15 is 0 Å². The van der Waals surface area contributed by atoms with Gasteiger partial charge in [-0.25, -0.2) is 0 Å². The number of halogens is 2. The second-order valence-electron chi connectivity index (χ2n) is 6.12. The normalized spacial score (nSPS) is 10.5. The lowest BCUT2D eigenvalue weighted by Crippen LogP contribution is -2.23. The number of nitriles is 1. The largest absolute Gasteiger partial charge is 0.482 e. The summed E-state index contributed by atoms with van der Waals surface area (Å²) in [5.41, 5.74) is 2.06. The van der Waals surface area contributed by atoms with Crippen molar-refractivity contribution in [1.29, 1.82) is 5.26 Å². The van der Waals surface area contributed by atoms with E-state index in [0.717, 1.165) is 11.3 Å². The number of amides is 1. The highest BCUT2D eigenvalue weighted by Crippen LogP contribution is 2.29. The Labute approximate surface area is 172 Å². The second kappa shape index (κ2) is 8.42. The highest BCUT2D eigenvalue weighted by Gasteiger charge is 2.20. The summed E-state index contributed by atoms with van der Waals surface area (Å²) in [6.45, 7) is 3.83. The highest BCUT2D eigenvalue weighted by molar-refractivity contribution is 6.34. The van der Waals surface area contributed by atoms with Gasteiger partial charge in [-0.15, -0.1) is 0 Å². The van der Waals surface area contributed by atoms with Gasteiger partial charge >= 0.3 is 0 Å². The quantitative estimate of drug-likeness (QED) is 0.615. The Hall–Kier alpha value is -2.88. The van der Waals surface area contributed by atoms with E-state index in [-0.39, 0.29) is 6.61 Å². The van der Waals surface area contributed by atoms with Crippen LogP contribution in [0.3, 0.4) is 0 Å². The molecule has 0 aliphatic carbocycles. The van der Waals surface area contributed by atoms with Gasteiger partial charge in [-0.2, -0.15) is 5.26 Å². The Kier molecular flexibility index (Phi) is 5.98. The van der Waals surface area contributed by atoms with Gasteiger partial charge in [-0.1, -0.05) is 23.2 Å². The van der Waals surface area contributed by atoms with E-state index in [2.05, 4.69) is 11.4 Å². The molecule has 0 spiro atoms. The van der Waals surface area contributed by atoms with Crippen LogP contribution < -0.4 is 10.1 Å². The Morgan fingerprint density at radius 2 is 2.11 bits per heavy atom. The minimum atomic E-state index is -0.425. The predicted molar refractivity (Wildman–Crippen MR) is 107 cm³/mol. The molecule has 1 aromatic carbocycles. The van der Waals surface area contributed by atoms with Gasteiger partial charge in [-0.05, 0) is 43.7 Å². The predicted octanol–water partition coefficient (Wildman–Crippen LogP) is 4.94. The minimum Gasteiger partial charge on any atom is -0.482 e. The lowest BCUT2D eigenvalue weighted by atomic mass is 10.2. The molecule has 2 heterocycles. The van der Waals surface area contributed by atoms with Crippen molar-refractivity contribution in [2.45, 2.75) is 20.4 Å². The van der Waals surface area contributed by atoms with E-state index < -0.39 is 5.91 Å². The van der Waals surface area contributed by atoms with Crippen LogP contribution in [0.5, 0.6) is 5.75 Å². The summed E-state index contributed by atoms with van der Waals surface area (Å²) >= 11 is 12.0. The molecular formula is C20H17Cl2N3O3. The Bertz CT molecular complexity index is 1050. The van der Waals surface area contributed by atoms with Crippen molar-refractivity contribution in [3.8, 4) is 11.8 Å². The molecule has 0 atom stereocenters. The maximum absolute atomic E-state index is 12.5. The number of anilines is 1. The molecule has 0 fully saturated rings. The molecule has 0 radical (unpaired) electrons. The highest BCUT2D eigenvalue weighted by atomic mass is 35.5. The number of rotatable bonds is 6. The first kappa shape index (κ1) is 19.9. The van der Waals surface area contributed by atoms with Gasteiger partial charge in [0, 0.05) is 16.8 Å². The standard InChI is InChI=1S/C20H17Cl2N3O3/c1-12-13(2)25(10-15-4-3-7-27-15)20(16(12)9-23)24-19(26)11-28-18-8-14(21)5-6-17(18)22/h3-8H,10-11H2,1-2H3,(H,24,26). The third-order valence-electron chi connectivity index (χ3n) is 4.34. The average molecular weight is 418 g/mol. The summed E-state index contributed by atoms with van der Waals surface area (Å²) in [5.74, 6) is 0.994. The molecule has 2 aromatic heterocycles. The Balaban J connectivity index is 1.80. The van der Waals surface area contributed by atoms with Crippen molar-refractivity contribution in [3.63, 3.8) is 0 Å². The van der Waals surface area contributed by atoms with Crippen LogP contribution >= 0.6 is 23.2 Å². The van der Waals surface area contributed by atoms with Gasteiger partial charge in [0.2, 0.25) is 0 Å². The van der Waals surface area contributed by atoms with E-state index in [1.54, 1.807) is 24.5 Å². The van der Waals surface area contributed by atoms with Crippen molar-refractivity contribution in [3.05, 3.63) is 69.2 Å². The van der Waals surface area contributed by atoms with Crippen molar-refractivity contribution >= 4 is 34.9 Å². The number of furan rings is 1. The zero-order chi connectivity index (χ0) is 20.3. The number of hydrogen-bond acceptors (Lipinski definition) is 4. The van der Waals surface area contributed by atoms with Crippen LogP contribution in [0.1, 0.15) is 22.6 Å². The molecule has 0 aliphatic heterocycles. The van der Waals surface area contributed by atoms with Gasteiger partial charge in [-0.3, -0.25) is 4.79 Å². The first-order chi connectivity index (χ1) is 13.4. The number of benzene rings is 1.